The molecule has 0 amide bonds. The fraction of sp³-hybridized carbons (Fsp3) is 0.0870. The number of nitrogens with zero attached hydrogens (tertiary/aromatic N) is 5. The number of H-pyrrole nitrogens is 1. The second-order valence-corrected chi connectivity index (χ2v) is 6.81. The minimum atomic E-state index is 0.329. The highest BCUT2D eigenvalue weighted by Crippen LogP contribution is 2.33. The Morgan fingerprint density at radius 1 is 1.10 bits per heavy atom. The normalized spacial score (nSPS) is 10.7. The number of hydrogen-bond acceptors (Lipinski definition) is 7. The van der Waals surface area contributed by atoms with E-state index >= 15 is 0 Å². The van der Waals surface area contributed by atoms with Crippen molar-refractivity contribution in [3.63, 3.8) is 0 Å². The van der Waals surface area contributed by atoms with Gasteiger partial charge >= 0.3 is 0 Å². The fourth-order valence-corrected chi connectivity index (χ4v) is 3.18. The third-order valence-corrected chi connectivity index (χ3v) is 4.54. The lowest BCUT2D eigenvalue weighted by Crippen LogP contribution is -2.01. The Hall–Kier alpha value is -4.69. The van der Waals surface area contributed by atoms with Crippen molar-refractivity contribution >= 4 is 28.7 Å². The van der Waals surface area contributed by atoms with Crippen LogP contribution in [0.5, 0.6) is 11.6 Å². The molecule has 3 heterocycles. The number of aryl methyl sites for hydroxylation is 2. The fourth-order valence-electron chi connectivity index (χ4n) is 3.18. The van der Waals surface area contributed by atoms with Gasteiger partial charge in [-0.15, -0.1) is 0 Å². The molecule has 2 N–H and O–H groups in total. The molecule has 0 spiro atoms. The van der Waals surface area contributed by atoms with Gasteiger partial charge in [-0.05, 0) is 66.9 Å². The molecule has 0 unspecified atom stereocenters. The van der Waals surface area contributed by atoms with Crippen LogP contribution in [0, 0.1) is 36.5 Å². The first kappa shape index (κ1) is 19.6. The Labute approximate surface area is 178 Å². The lowest BCUT2D eigenvalue weighted by molar-refractivity contribution is 0.461. The minimum Gasteiger partial charge on any atom is -0.436 e. The summed E-state index contributed by atoms with van der Waals surface area (Å²) in [6, 6.07) is 13.1. The Bertz CT molecular complexity index is 1350. The maximum absolute atomic E-state index is 8.90. The van der Waals surface area contributed by atoms with Crippen LogP contribution < -0.4 is 10.1 Å². The summed E-state index contributed by atoms with van der Waals surface area (Å²) < 4.78 is 6.22. The van der Waals surface area contributed by atoms with E-state index in [9.17, 15) is 0 Å². The number of nitriles is 2. The molecule has 4 rings (SSSR count). The topological polar surface area (TPSA) is 123 Å². The first-order chi connectivity index (χ1) is 15.1. The average molecular weight is 407 g/mol. The summed E-state index contributed by atoms with van der Waals surface area (Å²) in [5.41, 5.74) is 5.11. The lowest BCUT2D eigenvalue weighted by atomic mass is 10.1. The number of aromatic amines is 1. The molecule has 0 atom stereocenters. The van der Waals surface area contributed by atoms with Crippen LogP contribution in [0.15, 0.2) is 48.8 Å². The van der Waals surface area contributed by atoms with Gasteiger partial charge in [0.15, 0.2) is 0 Å². The van der Waals surface area contributed by atoms with E-state index in [4.69, 9.17) is 15.3 Å². The Morgan fingerprint density at radius 2 is 1.90 bits per heavy atom. The number of fused-ring (bicyclic) bond motifs is 1. The van der Waals surface area contributed by atoms with Crippen LogP contribution in [0.25, 0.3) is 17.1 Å². The van der Waals surface area contributed by atoms with Crippen LogP contribution in [0.4, 0.5) is 11.6 Å². The van der Waals surface area contributed by atoms with Crippen LogP contribution in [0.3, 0.4) is 0 Å². The third-order valence-electron chi connectivity index (χ3n) is 4.54. The lowest BCUT2D eigenvalue weighted by Gasteiger charge is -2.14. The quantitative estimate of drug-likeness (QED) is 0.450. The SMILES string of the molecule is Cc1cc(/C=C/C#N)cc(C)c1Oc1nc(Nc2ccc(C#N)nc2)nc2cc[nH]c12. The molecular formula is C23H17N7O. The minimum absolute atomic E-state index is 0.329. The van der Waals surface area contributed by atoms with Gasteiger partial charge in [-0.3, -0.25) is 0 Å². The third kappa shape index (κ3) is 4.19. The number of allylic oxidation sites excluding steroid dienone is 1. The van der Waals surface area contributed by atoms with Crippen LogP contribution in [0.1, 0.15) is 22.4 Å². The first-order valence-corrected chi connectivity index (χ1v) is 9.41. The van der Waals surface area contributed by atoms with Gasteiger partial charge in [-0.2, -0.15) is 15.5 Å². The van der Waals surface area contributed by atoms with E-state index in [0.717, 1.165) is 16.7 Å². The summed E-state index contributed by atoms with van der Waals surface area (Å²) in [5.74, 6) is 1.41. The predicted molar refractivity (Wildman–Crippen MR) is 117 cm³/mol. The van der Waals surface area contributed by atoms with Crippen molar-refractivity contribution in [3.8, 4) is 23.8 Å². The van der Waals surface area contributed by atoms with Crippen LogP contribution >= 0.6 is 0 Å². The van der Waals surface area contributed by atoms with Crippen molar-refractivity contribution in [3.05, 3.63) is 71.2 Å². The molecule has 8 nitrogen and oxygen atoms in total. The number of ether oxygens (including phenoxy) is 1. The molecule has 0 saturated carbocycles. The van der Waals surface area contributed by atoms with E-state index in [1.807, 2.05) is 44.2 Å². The number of rotatable bonds is 5. The maximum Gasteiger partial charge on any atom is 0.248 e. The summed E-state index contributed by atoms with van der Waals surface area (Å²) in [6.07, 6.45) is 6.52. The van der Waals surface area contributed by atoms with E-state index < -0.39 is 0 Å². The molecule has 0 aliphatic rings. The summed E-state index contributed by atoms with van der Waals surface area (Å²) in [4.78, 5) is 16.2. The predicted octanol–water partition coefficient (Wildman–Crippen LogP) is 4.91. The van der Waals surface area contributed by atoms with Crippen molar-refractivity contribution in [1.82, 2.24) is 19.9 Å². The summed E-state index contributed by atoms with van der Waals surface area (Å²) in [7, 11) is 0. The van der Waals surface area contributed by atoms with E-state index in [1.54, 1.807) is 30.6 Å². The highest BCUT2D eigenvalue weighted by molar-refractivity contribution is 5.82. The molecule has 0 aliphatic carbocycles. The molecule has 3 aromatic heterocycles. The number of benzene rings is 1. The monoisotopic (exact) mass is 407 g/mol. The van der Waals surface area contributed by atoms with Crippen LogP contribution in [0.2, 0.25) is 0 Å². The van der Waals surface area contributed by atoms with Crippen molar-refractivity contribution in [2.75, 3.05) is 5.32 Å². The van der Waals surface area contributed by atoms with Gasteiger partial charge in [-0.1, -0.05) is 0 Å². The molecule has 1 aromatic carbocycles. The van der Waals surface area contributed by atoms with E-state index in [1.165, 1.54) is 6.08 Å². The number of pyridine rings is 1. The molecule has 0 radical (unpaired) electrons. The highest BCUT2D eigenvalue weighted by Gasteiger charge is 2.14. The zero-order valence-corrected chi connectivity index (χ0v) is 16.8. The van der Waals surface area contributed by atoms with Crippen molar-refractivity contribution < 1.29 is 4.74 Å². The van der Waals surface area contributed by atoms with Crippen LogP contribution in [-0.4, -0.2) is 19.9 Å². The van der Waals surface area contributed by atoms with E-state index in [0.29, 0.717) is 40.0 Å². The first-order valence-electron chi connectivity index (χ1n) is 9.41. The number of hydrogen-bond donors (Lipinski definition) is 2. The van der Waals surface area contributed by atoms with Gasteiger partial charge in [0, 0.05) is 12.3 Å². The number of anilines is 2. The van der Waals surface area contributed by atoms with E-state index in [-0.39, 0.29) is 0 Å². The molecule has 4 aromatic rings. The average Bonchev–Trinajstić information content (AvgIpc) is 3.24. The van der Waals surface area contributed by atoms with Gasteiger partial charge in [-0.25, -0.2) is 9.97 Å². The van der Waals surface area contributed by atoms with Gasteiger partial charge < -0.3 is 15.0 Å². The molecule has 8 heteroatoms. The summed E-state index contributed by atoms with van der Waals surface area (Å²) in [5, 5.41) is 20.7. The Morgan fingerprint density at radius 3 is 2.58 bits per heavy atom. The highest BCUT2D eigenvalue weighted by atomic mass is 16.5. The Balaban J connectivity index is 1.69. The number of nitrogens with one attached hydrogen (secondary N) is 2. The van der Waals surface area contributed by atoms with Crippen molar-refractivity contribution in [2.45, 2.75) is 13.8 Å². The molecular weight excluding hydrogens is 390 g/mol. The smallest absolute Gasteiger partial charge is 0.248 e. The second kappa shape index (κ2) is 8.36. The van der Waals surface area contributed by atoms with Gasteiger partial charge in [0.25, 0.3) is 0 Å². The maximum atomic E-state index is 8.90. The molecule has 150 valence electrons. The molecule has 0 bridgehead atoms. The van der Waals surface area contributed by atoms with Crippen molar-refractivity contribution in [2.24, 2.45) is 0 Å². The summed E-state index contributed by atoms with van der Waals surface area (Å²) in [6.45, 7) is 3.89. The van der Waals surface area contributed by atoms with Crippen molar-refractivity contribution in [1.29, 1.82) is 10.5 Å². The summed E-state index contributed by atoms with van der Waals surface area (Å²) >= 11 is 0. The van der Waals surface area contributed by atoms with E-state index in [2.05, 4.69) is 25.3 Å². The molecule has 0 aliphatic heterocycles. The molecule has 31 heavy (non-hydrogen) atoms. The molecule has 0 saturated heterocycles. The zero-order valence-electron chi connectivity index (χ0n) is 16.8. The van der Waals surface area contributed by atoms with Crippen LogP contribution in [-0.2, 0) is 0 Å². The largest absolute Gasteiger partial charge is 0.436 e. The second-order valence-electron chi connectivity index (χ2n) is 6.81. The molecule has 0 fully saturated rings. The Kier molecular flexibility index (Phi) is 5.29. The number of aromatic nitrogens is 4. The van der Waals surface area contributed by atoms with Gasteiger partial charge in [0.05, 0.1) is 23.5 Å². The van der Waals surface area contributed by atoms with Gasteiger partial charge in [0.2, 0.25) is 11.8 Å². The zero-order chi connectivity index (χ0) is 21.8. The standard InChI is InChI=1S/C23H17N7O/c1-14-10-16(4-3-8-24)11-15(2)21(14)31-22-20-19(7-9-26-20)29-23(30-22)28-18-6-5-17(12-25)27-13-18/h3-7,9-11,13,26H,1-2H3,(H,28,29,30)/b4-3+. The van der Waals surface area contributed by atoms with Gasteiger partial charge in [0.1, 0.15) is 23.0 Å².